The third kappa shape index (κ3) is 6.44. The molecule has 0 spiro atoms. The number of hydrogen-bond donors (Lipinski definition) is 1. The molecule has 3 rings (SSSR count). The molecule has 0 bridgehead atoms. The summed E-state index contributed by atoms with van der Waals surface area (Å²) in [5.41, 5.74) is 2.69. The molecule has 2 atom stereocenters. The Labute approximate surface area is 201 Å². The number of carbonyl (C=O) groups excluding carboxylic acids is 3. The number of piperidine rings is 1. The van der Waals surface area contributed by atoms with Gasteiger partial charge in [0.15, 0.2) is 6.54 Å². The van der Waals surface area contributed by atoms with Gasteiger partial charge in [-0.05, 0) is 37.8 Å². The molecule has 1 aliphatic rings. The topological polar surface area (TPSA) is 81.7 Å². The number of amides is 1. The number of esters is 2. The van der Waals surface area contributed by atoms with Gasteiger partial charge in [-0.25, -0.2) is 4.79 Å². The maximum Gasteiger partial charge on any atom is 0.339 e. The predicted molar refractivity (Wildman–Crippen MR) is 130 cm³/mol. The van der Waals surface area contributed by atoms with Crippen LogP contribution in [-0.2, 0) is 25.6 Å². The van der Waals surface area contributed by atoms with E-state index >= 15 is 0 Å². The van der Waals surface area contributed by atoms with Crippen LogP contribution in [0.4, 0.5) is 5.69 Å². The van der Waals surface area contributed by atoms with Gasteiger partial charge in [0.1, 0.15) is 12.5 Å². The highest BCUT2D eigenvalue weighted by Crippen LogP contribution is 2.28. The molecular formula is C27H35N2O5+. The van der Waals surface area contributed by atoms with Gasteiger partial charge >= 0.3 is 11.9 Å². The number of benzene rings is 2. The number of methoxy groups -OCH3 is 1. The highest BCUT2D eigenvalue weighted by atomic mass is 16.5. The third-order valence-electron chi connectivity index (χ3n) is 6.36. The van der Waals surface area contributed by atoms with Crippen molar-refractivity contribution in [2.24, 2.45) is 5.92 Å². The lowest BCUT2D eigenvalue weighted by molar-refractivity contribution is -0.940. The molecule has 182 valence electrons. The van der Waals surface area contributed by atoms with Crippen molar-refractivity contribution in [3.05, 3.63) is 65.2 Å². The van der Waals surface area contributed by atoms with Crippen molar-refractivity contribution >= 4 is 23.5 Å². The molecule has 2 aromatic rings. The van der Waals surface area contributed by atoms with Crippen molar-refractivity contribution in [1.29, 1.82) is 0 Å². The maximum atomic E-state index is 13.3. The Kier molecular flexibility index (Phi) is 8.82. The van der Waals surface area contributed by atoms with Gasteiger partial charge in [0.25, 0.3) is 5.91 Å². The number of nitrogens with one attached hydrogen (secondary N) is 1. The number of nitrogens with zero attached hydrogens (tertiary/aromatic N) is 1. The molecule has 2 unspecified atom stereocenters. The second-order valence-corrected chi connectivity index (χ2v) is 9.09. The third-order valence-corrected chi connectivity index (χ3v) is 6.36. The number of carbonyl (C=O) groups is 3. The predicted octanol–water partition coefficient (Wildman–Crippen LogP) is 4.10. The summed E-state index contributed by atoms with van der Waals surface area (Å²) in [5.74, 6) is -1.10. The average molecular weight is 468 g/mol. The van der Waals surface area contributed by atoms with Gasteiger partial charge in [0.05, 0.1) is 38.1 Å². The minimum Gasteiger partial charge on any atom is -0.465 e. The number of likely N-dealkylation sites (tertiary alicyclic amines) is 1. The Hall–Kier alpha value is -3.19. The molecule has 34 heavy (non-hydrogen) atoms. The lowest BCUT2D eigenvalue weighted by Crippen LogP contribution is -2.58. The van der Waals surface area contributed by atoms with Crippen LogP contribution in [0.1, 0.15) is 47.7 Å². The van der Waals surface area contributed by atoms with Crippen LogP contribution in [0.25, 0.3) is 0 Å². The summed E-state index contributed by atoms with van der Waals surface area (Å²) >= 11 is 0. The van der Waals surface area contributed by atoms with Gasteiger partial charge in [-0.3, -0.25) is 9.59 Å². The molecule has 7 heteroatoms. The minimum atomic E-state index is -0.496. The Bertz CT molecular complexity index is 1010. The van der Waals surface area contributed by atoms with E-state index in [0.29, 0.717) is 35.4 Å². The van der Waals surface area contributed by atoms with Crippen molar-refractivity contribution in [3.8, 4) is 0 Å². The molecule has 0 aliphatic carbocycles. The monoisotopic (exact) mass is 467 g/mol. The number of rotatable bonds is 9. The largest absolute Gasteiger partial charge is 0.465 e. The SMILES string of the molecule is CCCOC(=O)C1CCC[N+](CC(=O)Nc2c(C)cccc2C(=O)OC)(Cc2ccccc2)C1. The molecule has 0 saturated carbocycles. The second kappa shape index (κ2) is 11.8. The van der Waals surface area contributed by atoms with E-state index in [-0.39, 0.29) is 24.3 Å². The van der Waals surface area contributed by atoms with Gasteiger partial charge in [-0.2, -0.15) is 0 Å². The lowest BCUT2D eigenvalue weighted by atomic mass is 9.94. The zero-order chi connectivity index (χ0) is 24.6. The number of anilines is 1. The number of quaternary nitrogens is 1. The summed E-state index contributed by atoms with van der Waals surface area (Å²) in [6, 6.07) is 15.3. The highest BCUT2D eigenvalue weighted by molar-refractivity contribution is 6.02. The van der Waals surface area contributed by atoms with E-state index in [2.05, 4.69) is 5.32 Å². The quantitative estimate of drug-likeness (QED) is 0.444. The van der Waals surface area contributed by atoms with Gasteiger partial charge in [0.2, 0.25) is 0 Å². The normalized spacial score (nSPS) is 19.8. The molecule has 1 heterocycles. The molecule has 1 fully saturated rings. The van der Waals surface area contributed by atoms with Crippen LogP contribution in [0.2, 0.25) is 0 Å². The molecule has 0 aromatic heterocycles. The fraction of sp³-hybridized carbons (Fsp3) is 0.444. The van der Waals surface area contributed by atoms with Crippen LogP contribution in [0, 0.1) is 12.8 Å². The van der Waals surface area contributed by atoms with E-state index in [9.17, 15) is 14.4 Å². The first-order valence-electron chi connectivity index (χ1n) is 11.9. The zero-order valence-corrected chi connectivity index (χ0v) is 20.3. The van der Waals surface area contributed by atoms with Crippen molar-refractivity contribution < 1.29 is 28.3 Å². The molecule has 1 aliphatic heterocycles. The number of aryl methyl sites for hydroxylation is 1. The molecule has 0 radical (unpaired) electrons. The first kappa shape index (κ1) is 25.4. The van der Waals surface area contributed by atoms with E-state index < -0.39 is 5.97 Å². The molecule has 1 saturated heterocycles. The van der Waals surface area contributed by atoms with Crippen molar-refractivity contribution in [1.82, 2.24) is 0 Å². The van der Waals surface area contributed by atoms with Gasteiger partial charge in [-0.1, -0.05) is 49.4 Å². The molecule has 1 amide bonds. The van der Waals surface area contributed by atoms with Crippen LogP contribution >= 0.6 is 0 Å². The van der Waals surface area contributed by atoms with Crippen LogP contribution in [0.3, 0.4) is 0 Å². The Morgan fingerprint density at radius 1 is 1.09 bits per heavy atom. The molecule has 2 aromatic carbocycles. The summed E-state index contributed by atoms with van der Waals surface area (Å²) in [5, 5.41) is 2.96. The highest BCUT2D eigenvalue weighted by Gasteiger charge is 2.40. The fourth-order valence-electron chi connectivity index (χ4n) is 4.75. The molecule has 7 nitrogen and oxygen atoms in total. The summed E-state index contributed by atoms with van der Waals surface area (Å²) in [6.45, 7) is 6.41. The summed E-state index contributed by atoms with van der Waals surface area (Å²) in [6.07, 6.45) is 2.39. The second-order valence-electron chi connectivity index (χ2n) is 9.09. The first-order valence-corrected chi connectivity index (χ1v) is 11.9. The first-order chi connectivity index (χ1) is 16.4. The van der Waals surface area contributed by atoms with Crippen LogP contribution in [-0.4, -0.2) is 55.7 Å². The van der Waals surface area contributed by atoms with Gasteiger partial charge in [-0.15, -0.1) is 0 Å². The smallest absolute Gasteiger partial charge is 0.339 e. The summed E-state index contributed by atoms with van der Waals surface area (Å²) in [7, 11) is 1.32. The molecular weight excluding hydrogens is 432 g/mol. The van der Waals surface area contributed by atoms with E-state index in [0.717, 1.165) is 36.9 Å². The Morgan fingerprint density at radius 2 is 1.85 bits per heavy atom. The number of hydrogen-bond acceptors (Lipinski definition) is 5. The summed E-state index contributed by atoms with van der Waals surface area (Å²) < 4.78 is 10.8. The zero-order valence-electron chi connectivity index (χ0n) is 20.3. The van der Waals surface area contributed by atoms with Crippen molar-refractivity contribution in [3.63, 3.8) is 0 Å². The van der Waals surface area contributed by atoms with E-state index in [1.165, 1.54) is 7.11 Å². The van der Waals surface area contributed by atoms with Crippen LogP contribution in [0.5, 0.6) is 0 Å². The van der Waals surface area contributed by atoms with Gasteiger partial charge in [0, 0.05) is 5.56 Å². The van der Waals surface area contributed by atoms with Crippen molar-refractivity contribution in [2.75, 3.05) is 38.7 Å². The Morgan fingerprint density at radius 3 is 2.56 bits per heavy atom. The fourth-order valence-corrected chi connectivity index (χ4v) is 4.75. The van der Waals surface area contributed by atoms with E-state index in [1.54, 1.807) is 12.1 Å². The van der Waals surface area contributed by atoms with E-state index in [1.807, 2.05) is 50.2 Å². The molecule has 1 N–H and O–H groups in total. The van der Waals surface area contributed by atoms with Gasteiger partial charge < -0.3 is 19.3 Å². The lowest BCUT2D eigenvalue weighted by Gasteiger charge is -2.43. The van der Waals surface area contributed by atoms with Crippen LogP contribution < -0.4 is 5.32 Å². The maximum absolute atomic E-state index is 13.3. The number of ether oxygens (including phenoxy) is 2. The standard InChI is InChI=1S/C27H34N2O5/c1-4-16-34-26(31)22-13-9-15-29(18-22,17-21-11-6-5-7-12-21)19-24(30)28-25-20(2)10-8-14-23(25)27(32)33-3/h5-8,10-12,14,22H,4,9,13,15-19H2,1-3H3/p+1. The van der Waals surface area contributed by atoms with E-state index in [4.69, 9.17) is 9.47 Å². The average Bonchev–Trinajstić information content (AvgIpc) is 2.83. The summed E-state index contributed by atoms with van der Waals surface area (Å²) in [4.78, 5) is 38.3. The Balaban J connectivity index is 1.84. The van der Waals surface area contributed by atoms with Crippen molar-refractivity contribution in [2.45, 2.75) is 39.7 Å². The minimum absolute atomic E-state index is 0.176. The van der Waals surface area contributed by atoms with Crippen LogP contribution in [0.15, 0.2) is 48.5 Å². The number of para-hydroxylation sites is 1.